The summed E-state index contributed by atoms with van der Waals surface area (Å²) in [6, 6.07) is -11.9. The van der Waals surface area contributed by atoms with E-state index in [1.807, 2.05) is 0 Å². The summed E-state index contributed by atoms with van der Waals surface area (Å²) in [6.45, 7) is 6.98. The van der Waals surface area contributed by atoms with Crippen LogP contribution in [0.4, 0.5) is 0 Å². The SMILES string of the molecule is CC(C)C[C@@H]1NC(=O)[C@H](CCCNC(N)N)NC(=O)[C@H](CCCNC(N)N)NC(=O)[C@H]([C@@H](C)O)NC(=O)[C@H](CO)NC(=O)[C@H](CC(C)C)NC(=O)[C@H](CC(=O)O)NC(=O)[C@H](Cc2ccccc2)NC(=O)[C@H](CCC(N)=O)NC(=O)[C@@H](N)CSSC[C@@H](C(=O)O)NC(=O)[C@H](CCCCN)NC1=O. The Morgan fingerprint density at radius 2 is 0.901 bits per heavy atom. The second-order valence-electron chi connectivity index (χ2n) is 25.1. The zero-order valence-electron chi connectivity index (χ0n) is 57.5. The Balaban J connectivity index is 2.90. The van der Waals surface area contributed by atoms with Gasteiger partial charge in [-0.2, -0.15) is 0 Å². The van der Waals surface area contributed by atoms with Crippen LogP contribution in [-0.4, -0.2) is 232 Å². The monoisotopic (exact) mass is 1470 g/mol. The fourth-order valence-electron chi connectivity index (χ4n) is 9.91. The largest absolute Gasteiger partial charge is 0.481 e. The average molecular weight is 1470 g/mol. The van der Waals surface area contributed by atoms with Gasteiger partial charge in [-0.3, -0.25) is 73.0 Å². The van der Waals surface area contributed by atoms with Crippen molar-refractivity contribution in [3.05, 3.63) is 35.9 Å². The summed E-state index contributed by atoms with van der Waals surface area (Å²) in [7, 11) is 1.77. The standard InChI is InChI=1S/C61H106N20O18S2/c1-30(2)23-39-53(92)73-35(15-9-10-20-62)51(90)80-44(59(98)99)29-101-100-28-34(63)48(87)71-38(18-19-45(64)84)52(91)77-41(25-33-13-7-6-8-14-33)55(94)78-42(26-46(85)86)56(95)76-40(24-31(3)4)54(93)79-43(27-82)57(96)81-47(32(5)83)58(97)74-37(17-12-22-70-61(67)68)49(88)72-36(50(89)75-39)16-11-21-69-60(65)66/h6-8,13-14,30-32,34-44,47,60-61,69-70,82-83H,9-12,15-29,62-63,65-68H2,1-5H3,(H2,64,84)(H,71,87)(H,72,88)(H,73,92)(H,74,97)(H,75,89)(H,76,95)(H,77,91)(H,78,94)(H,79,93)(H,80,90)(H,81,96)(H,85,86)(H,98,99)/t32-,34+,35+,36+,37+,38+,39+,40+,41+,42+,43+,44+,47+/m1/s1. The molecule has 0 bridgehead atoms. The number of aliphatic carboxylic acids is 2. The molecule has 2 rings (SSSR count). The van der Waals surface area contributed by atoms with Gasteiger partial charge in [-0.15, -0.1) is 0 Å². The summed E-state index contributed by atoms with van der Waals surface area (Å²) >= 11 is 0. The van der Waals surface area contributed by atoms with Crippen molar-refractivity contribution in [2.24, 2.45) is 52.0 Å². The van der Waals surface area contributed by atoms with Crippen LogP contribution in [0.1, 0.15) is 117 Å². The summed E-state index contributed by atoms with van der Waals surface area (Å²) in [5.41, 5.74) is 40.6. The van der Waals surface area contributed by atoms with E-state index < -0.39 is 206 Å². The lowest BCUT2D eigenvalue weighted by molar-refractivity contribution is -0.142. The van der Waals surface area contributed by atoms with E-state index in [1.54, 1.807) is 58.0 Å². The molecule has 1 fully saturated rings. The van der Waals surface area contributed by atoms with Gasteiger partial charge in [0.1, 0.15) is 79.0 Å². The lowest BCUT2D eigenvalue weighted by Crippen LogP contribution is -2.62. The Bertz CT molecular complexity index is 2890. The number of nitrogens with two attached hydrogens (primary N) is 7. The second kappa shape index (κ2) is 47.3. The van der Waals surface area contributed by atoms with Gasteiger partial charge in [0.05, 0.1) is 25.2 Å². The van der Waals surface area contributed by atoms with Crippen LogP contribution in [0.2, 0.25) is 0 Å². The number of aliphatic hydroxyl groups is 2. The van der Waals surface area contributed by atoms with Crippen LogP contribution in [0.25, 0.3) is 0 Å². The number of benzene rings is 1. The number of nitrogens with one attached hydrogen (secondary N) is 13. The molecule has 0 radical (unpaired) electrons. The van der Waals surface area contributed by atoms with Crippen molar-refractivity contribution in [1.82, 2.24) is 69.1 Å². The third-order valence-electron chi connectivity index (χ3n) is 15.3. The van der Waals surface area contributed by atoms with Crippen LogP contribution in [0.3, 0.4) is 0 Å². The molecule has 1 aliphatic heterocycles. The van der Waals surface area contributed by atoms with Gasteiger partial charge in [-0.25, -0.2) is 4.79 Å². The minimum atomic E-state index is -2.00. The predicted molar refractivity (Wildman–Crippen MR) is 372 cm³/mol. The van der Waals surface area contributed by atoms with Crippen molar-refractivity contribution in [2.75, 3.05) is 37.7 Å². The van der Waals surface area contributed by atoms with Crippen molar-refractivity contribution >= 4 is 104 Å². The summed E-state index contributed by atoms with van der Waals surface area (Å²) in [6.07, 6.45) is -6.09. The van der Waals surface area contributed by atoms with Crippen LogP contribution in [0.5, 0.6) is 0 Å². The highest BCUT2D eigenvalue weighted by atomic mass is 33.1. The van der Waals surface area contributed by atoms with Gasteiger partial charge in [0.25, 0.3) is 0 Å². The summed E-state index contributed by atoms with van der Waals surface area (Å²) in [4.78, 5) is 194. The molecule has 1 aliphatic rings. The maximum atomic E-state index is 14.6. The minimum Gasteiger partial charge on any atom is -0.481 e. The number of unbranched alkanes of at least 4 members (excludes halogenated alkanes) is 1. The number of primary amides is 1. The number of carboxylic acids is 2. The number of rotatable bonds is 28. The van der Waals surface area contributed by atoms with Crippen molar-refractivity contribution in [2.45, 2.75) is 209 Å². The molecule has 0 aliphatic carbocycles. The fraction of sp³-hybridized carbons (Fsp3) is 0.672. The van der Waals surface area contributed by atoms with Crippen molar-refractivity contribution < 1.29 is 87.5 Å². The molecule has 12 amide bonds. The molecule has 1 aromatic carbocycles. The van der Waals surface area contributed by atoms with Gasteiger partial charge >= 0.3 is 11.9 Å². The van der Waals surface area contributed by atoms with Gasteiger partial charge in [0, 0.05) is 24.3 Å². The normalized spacial score (nSPS) is 25.1. The number of carbonyl (C=O) groups excluding carboxylic acids is 12. The van der Waals surface area contributed by atoms with Gasteiger partial charge in [0.15, 0.2) is 0 Å². The average Bonchev–Trinajstić information content (AvgIpc) is 0.867. The molecule has 0 aromatic heterocycles. The minimum absolute atomic E-state index is 0.0494. The molecule has 101 heavy (non-hydrogen) atoms. The molecule has 38 nitrogen and oxygen atoms in total. The quantitative estimate of drug-likeness (QED) is 0.0210. The summed E-state index contributed by atoms with van der Waals surface area (Å²) < 4.78 is 0. The maximum absolute atomic E-state index is 14.6. The number of hydrogen-bond acceptors (Lipinski definition) is 26. The molecule has 13 atom stereocenters. The van der Waals surface area contributed by atoms with Crippen LogP contribution >= 0.6 is 21.6 Å². The fourth-order valence-corrected chi connectivity index (χ4v) is 12.2. The molecule has 40 heteroatoms. The van der Waals surface area contributed by atoms with Gasteiger partial charge in [-0.05, 0) is 108 Å². The predicted octanol–water partition coefficient (Wildman–Crippen LogP) is -8.16. The van der Waals surface area contributed by atoms with E-state index in [1.165, 1.54) is 0 Å². The molecule has 1 aromatic rings. The van der Waals surface area contributed by atoms with E-state index in [2.05, 4.69) is 69.1 Å². The number of aliphatic hydroxyl groups excluding tert-OH is 2. The first-order valence-corrected chi connectivity index (χ1v) is 35.6. The molecule has 31 N–H and O–H groups in total. The lowest BCUT2D eigenvalue weighted by Gasteiger charge is -2.29. The van der Waals surface area contributed by atoms with Crippen LogP contribution in [0, 0.1) is 11.8 Å². The second-order valence-corrected chi connectivity index (χ2v) is 27.7. The van der Waals surface area contributed by atoms with Crippen molar-refractivity contribution in [3.8, 4) is 0 Å². The molecule has 1 saturated heterocycles. The van der Waals surface area contributed by atoms with Gasteiger partial charge < -0.3 is 119 Å². The van der Waals surface area contributed by atoms with E-state index in [9.17, 15) is 87.5 Å². The van der Waals surface area contributed by atoms with Crippen LogP contribution < -0.4 is 109 Å². The lowest BCUT2D eigenvalue weighted by atomic mass is 10.0. The maximum Gasteiger partial charge on any atom is 0.327 e. The molecular weight excluding hydrogens is 1360 g/mol. The first-order valence-electron chi connectivity index (χ1n) is 33.2. The number of carbonyl (C=O) groups is 14. The Morgan fingerprint density at radius 3 is 1.36 bits per heavy atom. The van der Waals surface area contributed by atoms with Crippen molar-refractivity contribution in [3.63, 3.8) is 0 Å². The van der Waals surface area contributed by atoms with E-state index in [4.69, 9.17) is 40.1 Å². The van der Waals surface area contributed by atoms with E-state index in [0.717, 1.165) is 28.5 Å². The number of carboxylic acid groups (broad SMARTS) is 2. The molecule has 570 valence electrons. The Labute approximate surface area is 593 Å². The van der Waals surface area contributed by atoms with Gasteiger partial charge in [-0.1, -0.05) is 79.6 Å². The smallest absolute Gasteiger partial charge is 0.327 e. The number of hydrogen-bond donors (Lipinski definition) is 24. The highest BCUT2D eigenvalue weighted by Gasteiger charge is 2.39. The topological polar surface area (TPSA) is 658 Å². The third kappa shape index (κ3) is 35.5. The first kappa shape index (κ1) is 89.2. The Kier molecular flexibility index (Phi) is 41.8. The van der Waals surface area contributed by atoms with Gasteiger partial charge in [0.2, 0.25) is 70.9 Å². The highest BCUT2D eigenvalue weighted by Crippen LogP contribution is 2.23. The highest BCUT2D eigenvalue weighted by molar-refractivity contribution is 8.76. The zero-order chi connectivity index (χ0) is 76.1. The molecule has 0 unspecified atom stereocenters. The molecule has 0 spiro atoms. The van der Waals surface area contributed by atoms with E-state index in [0.29, 0.717) is 12.0 Å². The molecule has 0 saturated carbocycles. The van der Waals surface area contributed by atoms with Crippen molar-refractivity contribution in [1.29, 1.82) is 0 Å². The van der Waals surface area contributed by atoms with Crippen LogP contribution in [0.15, 0.2) is 30.3 Å². The Morgan fingerprint density at radius 1 is 0.505 bits per heavy atom. The van der Waals surface area contributed by atoms with Crippen LogP contribution in [-0.2, 0) is 73.5 Å². The zero-order valence-corrected chi connectivity index (χ0v) is 59.1. The summed E-state index contributed by atoms with van der Waals surface area (Å²) in [5.74, 6) is -17.2. The summed E-state index contributed by atoms with van der Waals surface area (Å²) in [5, 5.41) is 74.3. The van der Waals surface area contributed by atoms with E-state index in [-0.39, 0.29) is 94.8 Å². The molecule has 1 heterocycles. The molecular formula is C61H106N20O18S2. The Hall–Kier alpha value is -7.90. The van der Waals surface area contributed by atoms with E-state index >= 15 is 0 Å². The first-order chi connectivity index (χ1) is 47.6. The number of amides is 12. The third-order valence-corrected chi connectivity index (χ3v) is 17.7.